The van der Waals surface area contributed by atoms with Gasteiger partial charge in [-0.3, -0.25) is 14.5 Å². The van der Waals surface area contributed by atoms with E-state index in [4.69, 9.17) is 25.8 Å². The number of carbonyl (C=O) groups is 2. The van der Waals surface area contributed by atoms with Gasteiger partial charge in [-0.15, -0.1) is 0 Å². The number of ether oxygens (including phenoxy) is 3. The third-order valence-electron chi connectivity index (χ3n) is 6.32. The van der Waals surface area contributed by atoms with Gasteiger partial charge in [-0.25, -0.2) is 0 Å². The average Bonchev–Trinajstić information content (AvgIpc) is 3.13. The molecule has 0 aliphatic carbocycles. The summed E-state index contributed by atoms with van der Waals surface area (Å²) in [6.45, 7) is 5.32. The average molecular weight is 502 g/mol. The summed E-state index contributed by atoms with van der Waals surface area (Å²) in [5.41, 5.74) is 0.642. The third kappa shape index (κ3) is 7.10. The second-order valence-corrected chi connectivity index (χ2v) is 9.19. The standard InChI is InChI=1S/C26H32ClN3O5/c1-33-23-5-2-4-20(16-23)26(32)29-11-3-10-28(12-13-29)17-24-18-30(14-15-34-24)25(31)19-35-22-8-6-21(27)7-9-22/h2,4-9,16,24H,3,10-15,17-19H2,1H3/t24-/m1/s1. The van der Waals surface area contributed by atoms with Gasteiger partial charge in [-0.2, -0.15) is 0 Å². The van der Waals surface area contributed by atoms with E-state index in [1.54, 1.807) is 42.3 Å². The van der Waals surface area contributed by atoms with Gasteiger partial charge in [0.15, 0.2) is 6.61 Å². The number of hydrogen-bond acceptors (Lipinski definition) is 6. The minimum absolute atomic E-state index is 0.0145. The highest BCUT2D eigenvalue weighted by Crippen LogP contribution is 2.18. The number of halogens is 1. The monoisotopic (exact) mass is 501 g/mol. The molecule has 2 aliphatic rings. The first-order valence-corrected chi connectivity index (χ1v) is 12.3. The summed E-state index contributed by atoms with van der Waals surface area (Å²) in [6, 6.07) is 14.2. The molecule has 2 aromatic carbocycles. The van der Waals surface area contributed by atoms with E-state index in [2.05, 4.69) is 4.90 Å². The summed E-state index contributed by atoms with van der Waals surface area (Å²) in [7, 11) is 1.60. The SMILES string of the molecule is COc1cccc(C(=O)N2CCCN(C[C@@H]3CN(C(=O)COc4ccc(Cl)cc4)CCO3)CC2)c1. The van der Waals surface area contributed by atoms with Crippen LogP contribution in [-0.4, -0.2) is 98.8 Å². The molecule has 2 amide bonds. The summed E-state index contributed by atoms with van der Waals surface area (Å²) in [5, 5.41) is 0.626. The molecular weight excluding hydrogens is 470 g/mol. The summed E-state index contributed by atoms with van der Waals surface area (Å²) in [5.74, 6) is 1.26. The highest BCUT2D eigenvalue weighted by atomic mass is 35.5. The molecule has 2 aliphatic heterocycles. The Morgan fingerprint density at radius 2 is 1.83 bits per heavy atom. The quantitative estimate of drug-likeness (QED) is 0.581. The van der Waals surface area contributed by atoms with Gasteiger partial charge in [-0.05, 0) is 55.4 Å². The second kappa shape index (κ2) is 12.2. The van der Waals surface area contributed by atoms with Gasteiger partial charge in [-0.1, -0.05) is 17.7 Å². The molecule has 35 heavy (non-hydrogen) atoms. The molecule has 2 saturated heterocycles. The van der Waals surface area contributed by atoms with E-state index in [0.717, 1.165) is 26.1 Å². The van der Waals surface area contributed by atoms with Gasteiger partial charge >= 0.3 is 0 Å². The number of rotatable bonds is 7. The second-order valence-electron chi connectivity index (χ2n) is 8.75. The predicted molar refractivity (Wildman–Crippen MR) is 133 cm³/mol. The van der Waals surface area contributed by atoms with Crippen LogP contribution < -0.4 is 9.47 Å². The molecular formula is C26H32ClN3O5. The fourth-order valence-corrected chi connectivity index (χ4v) is 4.53. The Labute approximate surface area is 211 Å². The zero-order valence-electron chi connectivity index (χ0n) is 20.0. The Bertz CT molecular complexity index is 1000. The van der Waals surface area contributed by atoms with E-state index in [1.807, 2.05) is 23.1 Å². The smallest absolute Gasteiger partial charge is 0.260 e. The highest BCUT2D eigenvalue weighted by molar-refractivity contribution is 6.30. The summed E-state index contributed by atoms with van der Waals surface area (Å²) in [6.07, 6.45) is 0.823. The number of morpholine rings is 1. The maximum atomic E-state index is 13.0. The molecule has 9 heteroatoms. The van der Waals surface area contributed by atoms with Crippen LogP contribution >= 0.6 is 11.6 Å². The molecule has 0 saturated carbocycles. The van der Waals surface area contributed by atoms with Crippen LogP contribution in [0, 0.1) is 0 Å². The summed E-state index contributed by atoms with van der Waals surface area (Å²) < 4.78 is 16.8. The molecule has 2 aromatic rings. The minimum atomic E-state index is -0.0659. The van der Waals surface area contributed by atoms with E-state index in [-0.39, 0.29) is 24.5 Å². The first-order valence-electron chi connectivity index (χ1n) is 12.0. The largest absolute Gasteiger partial charge is 0.497 e. The van der Waals surface area contributed by atoms with Crippen LogP contribution in [0.4, 0.5) is 0 Å². The zero-order valence-corrected chi connectivity index (χ0v) is 20.8. The Balaban J connectivity index is 1.24. The fourth-order valence-electron chi connectivity index (χ4n) is 4.41. The Morgan fingerprint density at radius 3 is 2.63 bits per heavy atom. The Morgan fingerprint density at radius 1 is 1.00 bits per heavy atom. The first kappa shape index (κ1) is 25.3. The topological polar surface area (TPSA) is 71.6 Å². The molecule has 0 N–H and O–H groups in total. The van der Waals surface area contributed by atoms with Crippen LogP contribution in [-0.2, 0) is 9.53 Å². The summed E-state index contributed by atoms with van der Waals surface area (Å²) >= 11 is 5.89. The third-order valence-corrected chi connectivity index (χ3v) is 6.57. The van der Waals surface area contributed by atoms with E-state index < -0.39 is 0 Å². The van der Waals surface area contributed by atoms with Gasteiger partial charge < -0.3 is 24.0 Å². The molecule has 2 fully saturated rings. The van der Waals surface area contributed by atoms with Crippen molar-refractivity contribution in [2.45, 2.75) is 12.5 Å². The molecule has 188 valence electrons. The van der Waals surface area contributed by atoms with Crippen LogP contribution in [0.25, 0.3) is 0 Å². The lowest BCUT2D eigenvalue weighted by Crippen LogP contribution is -2.51. The molecule has 1 atom stereocenters. The van der Waals surface area contributed by atoms with Crippen molar-refractivity contribution < 1.29 is 23.8 Å². The molecule has 2 heterocycles. The van der Waals surface area contributed by atoms with Crippen molar-refractivity contribution in [2.24, 2.45) is 0 Å². The van der Waals surface area contributed by atoms with Crippen molar-refractivity contribution in [3.05, 3.63) is 59.1 Å². The number of methoxy groups -OCH3 is 1. The van der Waals surface area contributed by atoms with E-state index in [0.29, 0.717) is 54.9 Å². The van der Waals surface area contributed by atoms with Crippen LogP contribution in [0.2, 0.25) is 5.02 Å². The zero-order chi connectivity index (χ0) is 24.6. The lowest BCUT2D eigenvalue weighted by molar-refractivity contribution is -0.141. The van der Waals surface area contributed by atoms with Crippen molar-refractivity contribution in [3.63, 3.8) is 0 Å². The van der Waals surface area contributed by atoms with Crippen molar-refractivity contribution in [3.8, 4) is 11.5 Å². The van der Waals surface area contributed by atoms with E-state index in [1.165, 1.54) is 0 Å². The predicted octanol–water partition coefficient (Wildman–Crippen LogP) is 2.80. The lowest BCUT2D eigenvalue weighted by Gasteiger charge is -2.35. The van der Waals surface area contributed by atoms with Crippen molar-refractivity contribution in [1.29, 1.82) is 0 Å². The van der Waals surface area contributed by atoms with Crippen molar-refractivity contribution in [2.75, 3.05) is 66.1 Å². The number of amides is 2. The van der Waals surface area contributed by atoms with Crippen molar-refractivity contribution in [1.82, 2.24) is 14.7 Å². The van der Waals surface area contributed by atoms with Gasteiger partial charge in [0.25, 0.3) is 11.8 Å². The number of nitrogens with zero attached hydrogens (tertiary/aromatic N) is 3. The summed E-state index contributed by atoms with van der Waals surface area (Å²) in [4.78, 5) is 31.7. The number of benzene rings is 2. The minimum Gasteiger partial charge on any atom is -0.497 e. The lowest BCUT2D eigenvalue weighted by atomic mass is 10.2. The highest BCUT2D eigenvalue weighted by Gasteiger charge is 2.28. The van der Waals surface area contributed by atoms with E-state index in [9.17, 15) is 9.59 Å². The molecule has 0 radical (unpaired) electrons. The maximum Gasteiger partial charge on any atom is 0.260 e. The van der Waals surface area contributed by atoms with E-state index >= 15 is 0 Å². The van der Waals surface area contributed by atoms with Crippen molar-refractivity contribution >= 4 is 23.4 Å². The molecule has 4 rings (SSSR count). The first-order chi connectivity index (χ1) is 17.0. The van der Waals surface area contributed by atoms with Crippen LogP contribution in [0.1, 0.15) is 16.8 Å². The Kier molecular flexibility index (Phi) is 8.84. The molecule has 0 unspecified atom stereocenters. The van der Waals surface area contributed by atoms with Gasteiger partial charge in [0, 0.05) is 49.9 Å². The van der Waals surface area contributed by atoms with Crippen LogP contribution in [0.5, 0.6) is 11.5 Å². The normalized spacial score (nSPS) is 19.2. The maximum absolute atomic E-state index is 13.0. The van der Waals surface area contributed by atoms with Gasteiger partial charge in [0.1, 0.15) is 11.5 Å². The molecule has 8 nitrogen and oxygen atoms in total. The molecule has 0 bridgehead atoms. The van der Waals surface area contributed by atoms with Gasteiger partial charge in [0.2, 0.25) is 0 Å². The number of hydrogen-bond donors (Lipinski definition) is 0. The number of carbonyl (C=O) groups excluding carboxylic acids is 2. The molecule has 0 spiro atoms. The van der Waals surface area contributed by atoms with Gasteiger partial charge in [0.05, 0.1) is 19.8 Å². The fraction of sp³-hybridized carbons (Fsp3) is 0.462. The Hall–Kier alpha value is -2.81. The van der Waals surface area contributed by atoms with Crippen LogP contribution in [0.3, 0.4) is 0 Å². The molecule has 0 aromatic heterocycles. The van der Waals surface area contributed by atoms with Crippen LogP contribution in [0.15, 0.2) is 48.5 Å².